The Balaban J connectivity index is 2.41. The molecule has 0 aromatic heterocycles. The van der Waals surface area contributed by atoms with E-state index in [1.165, 1.54) is 30.8 Å². The summed E-state index contributed by atoms with van der Waals surface area (Å²) in [5.74, 6) is 1.07. The molecule has 1 aromatic rings. The van der Waals surface area contributed by atoms with Crippen molar-refractivity contribution in [3.8, 4) is 5.75 Å². The Bertz CT molecular complexity index is 360. The fraction of sp³-hybridized carbons (Fsp3) is 0.571. The minimum atomic E-state index is 0.574. The number of rotatable bonds is 4. The summed E-state index contributed by atoms with van der Waals surface area (Å²) in [7, 11) is 1.78. The third-order valence-corrected chi connectivity index (χ3v) is 3.89. The molecule has 0 aliphatic carbocycles. The third kappa shape index (κ3) is 2.31. The van der Waals surface area contributed by atoms with Gasteiger partial charge in [0.25, 0.3) is 0 Å². The van der Waals surface area contributed by atoms with Crippen molar-refractivity contribution in [1.82, 2.24) is 0 Å². The Labute approximate surface area is 104 Å². The number of benzene rings is 1. The van der Waals surface area contributed by atoms with Gasteiger partial charge in [-0.1, -0.05) is 12.1 Å². The van der Waals surface area contributed by atoms with Crippen LogP contribution < -0.4 is 15.0 Å². The number of quaternary nitrogens is 2. The standard InChI is InChI=1S/C14H22N2O/c1-4-16(5-2)12-10-15-9-11-7-6-8-13(17-3)14(11)12/h6-8,12,15H,4-5,9-10H2,1-3H3/p+2/t12-/m1/s1. The maximum atomic E-state index is 5.55. The van der Waals surface area contributed by atoms with Gasteiger partial charge >= 0.3 is 0 Å². The number of ether oxygens (including phenoxy) is 1. The van der Waals surface area contributed by atoms with E-state index in [0.717, 1.165) is 12.3 Å². The molecule has 0 amide bonds. The molecule has 94 valence electrons. The monoisotopic (exact) mass is 236 g/mol. The van der Waals surface area contributed by atoms with Gasteiger partial charge in [-0.15, -0.1) is 0 Å². The largest absolute Gasteiger partial charge is 0.496 e. The van der Waals surface area contributed by atoms with Crippen molar-refractivity contribution in [3.63, 3.8) is 0 Å². The molecule has 2 rings (SSSR count). The quantitative estimate of drug-likeness (QED) is 0.741. The maximum Gasteiger partial charge on any atom is 0.167 e. The fourth-order valence-corrected chi connectivity index (χ4v) is 2.98. The van der Waals surface area contributed by atoms with Crippen LogP contribution in [0, 0.1) is 0 Å². The first kappa shape index (κ1) is 12.4. The van der Waals surface area contributed by atoms with Gasteiger partial charge in [-0.05, 0) is 19.9 Å². The second-order valence-electron chi connectivity index (χ2n) is 4.68. The van der Waals surface area contributed by atoms with Crippen molar-refractivity contribution >= 4 is 0 Å². The van der Waals surface area contributed by atoms with E-state index in [0.29, 0.717) is 6.04 Å². The number of hydrogen-bond acceptors (Lipinski definition) is 1. The van der Waals surface area contributed by atoms with Crippen LogP contribution in [0.1, 0.15) is 31.0 Å². The highest BCUT2D eigenvalue weighted by Crippen LogP contribution is 2.27. The number of nitrogens with one attached hydrogen (secondary N) is 1. The molecule has 1 aliphatic heterocycles. The molecule has 0 saturated heterocycles. The van der Waals surface area contributed by atoms with Crippen LogP contribution >= 0.6 is 0 Å². The zero-order valence-electron chi connectivity index (χ0n) is 11.1. The number of methoxy groups -OCH3 is 1. The predicted octanol–water partition coefficient (Wildman–Crippen LogP) is -0.262. The molecule has 3 N–H and O–H groups in total. The molecule has 17 heavy (non-hydrogen) atoms. The Hall–Kier alpha value is -1.06. The van der Waals surface area contributed by atoms with Gasteiger partial charge in [-0.3, -0.25) is 0 Å². The smallest absolute Gasteiger partial charge is 0.167 e. The topological polar surface area (TPSA) is 30.3 Å². The van der Waals surface area contributed by atoms with Gasteiger partial charge in [0.2, 0.25) is 0 Å². The van der Waals surface area contributed by atoms with Crippen LogP contribution in [-0.4, -0.2) is 26.7 Å². The average molecular weight is 236 g/mol. The SMILES string of the molecule is CC[NH+](CC)[C@@H]1C[NH2+]Cc2cccc(OC)c21. The van der Waals surface area contributed by atoms with E-state index >= 15 is 0 Å². The molecular weight excluding hydrogens is 212 g/mol. The van der Waals surface area contributed by atoms with Gasteiger partial charge in [0, 0.05) is 5.56 Å². The van der Waals surface area contributed by atoms with E-state index < -0.39 is 0 Å². The molecule has 3 nitrogen and oxygen atoms in total. The van der Waals surface area contributed by atoms with Crippen LogP contribution in [0.15, 0.2) is 18.2 Å². The third-order valence-electron chi connectivity index (χ3n) is 3.89. The van der Waals surface area contributed by atoms with Crippen LogP contribution in [0.4, 0.5) is 0 Å². The normalized spacial score (nSPS) is 19.2. The molecule has 1 atom stereocenters. The van der Waals surface area contributed by atoms with Gasteiger partial charge in [-0.2, -0.15) is 0 Å². The fourth-order valence-electron chi connectivity index (χ4n) is 2.98. The first-order valence-corrected chi connectivity index (χ1v) is 6.63. The highest BCUT2D eigenvalue weighted by Gasteiger charge is 2.32. The molecule has 0 spiro atoms. The predicted molar refractivity (Wildman–Crippen MR) is 68.3 cm³/mol. The molecule has 0 bridgehead atoms. The lowest BCUT2D eigenvalue weighted by Crippen LogP contribution is -3.14. The van der Waals surface area contributed by atoms with Crippen molar-refractivity contribution in [2.75, 3.05) is 26.7 Å². The summed E-state index contributed by atoms with van der Waals surface area (Å²) in [5.41, 5.74) is 2.89. The average Bonchev–Trinajstić information content (AvgIpc) is 2.39. The Kier molecular flexibility index (Phi) is 4.02. The number of nitrogens with two attached hydrogens (primary N) is 1. The summed E-state index contributed by atoms with van der Waals surface area (Å²) < 4.78 is 5.55. The molecule has 3 heteroatoms. The molecule has 0 radical (unpaired) electrons. The second kappa shape index (κ2) is 5.52. The van der Waals surface area contributed by atoms with Crippen LogP contribution in [0.25, 0.3) is 0 Å². The van der Waals surface area contributed by atoms with E-state index in [1.54, 1.807) is 12.0 Å². The van der Waals surface area contributed by atoms with Crippen LogP contribution in [-0.2, 0) is 6.54 Å². The van der Waals surface area contributed by atoms with E-state index in [9.17, 15) is 0 Å². The summed E-state index contributed by atoms with van der Waals surface area (Å²) in [6.45, 7) is 9.14. The van der Waals surface area contributed by atoms with Gasteiger partial charge in [0.15, 0.2) is 6.04 Å². The van der Waals surface area contributed by atoms with Crippen molar-refractivity contribution in [1.29, 1.82) is 0 Å². The zero-order valence-corrected chi connectivity index (χ0v) is 11.1. The molecule has 0 saturated carbocycles. The zero-order chi connectivity index (χ0) is 12.3. The number of fused-ring (bicyclic) bond motifs is 1. The lowest BCUT2D eigenvalue weighted by atomic mass is 9.94. The Morgan fingerprint density at radius 1 is 1.35 bits per heavy atom. The summed E-state index contributed by atoms with van der Waals surface area (Å²) in [5, 5.41) is 2.41. The van der Waals surface area contributed by atoms with E-state index in [-0.39, 0.29) is 0 Å². The lowest BCUT2D eigenvalue weighted by Gasteiger charge is -2.31. The van der Waals surface area contributed by atoms with Gasteiger partial charge < -0.3 is 15.0 Å². The first-order valence-electron chi connectivity index (χ1n) is 6.63. The molecule has 1 aliphatic rings. The van der Waals surface area contributed by atoms with Gasteiger partial charge in [0.05, 0.1) is 25.8 Å². The van der Waals surface area contributed by atoms with Crippen molar-refractivity contribution in [2.24, 2.45) is 0 Å². The van der Waals surface area contributed by atoms with Crippen LogP contribution in [0.5, 0.6) is 5.75 Å². The highest BCUT2D eigenvalue weighted by molar-refractivity contribution is 5.42. The van der Waals surface area contributed by atoms with Gasteiger partial charge in [0.1, 0.15) is 18.8 Å². The molecule has 1 aromatic carbocycles. The number of likely N-dealkylation sites (N-methyl/N-ethyl adjacent to an activating group) is 1. The van der Waals surface area contributed by atoms with Crippen molar-refractivity contribution in [3.05, 3.63) is 29.3 Å². The number of hydrogen-bond donors (Lipinski definition) is 2. The van der Waals surface area contributed by atoms with E-state index in [1.807, 2.05) is 0 Å². The van der Waals surface area contributed by atoms with E-state index in [2.05, 4.69) is 37.4 Å². The van der Waals surface area contributed by atoms with Crippen molar-refractivity contribution in [2.45, 2.75) is 26.4 Å². The molecule has 1 heterocycles. The van der Waals surface area contributed by atoms with Crippen LogP contribution in [0.3, 0.4) is 0 Å². The Morgan fingerprint density at radius 3 is 2.76 bits per heavy atom. The van der Waals surface area contributed by atoms with Gasteiger partial charge in [-0.25, -0.2) is 0 Å². The van der Waals surface area contributed by atoms with E-state index in [4.69, 9.17) is 4.74 Å². The van der Waals surface area contributed by atoms with Crippen LogP contribution in [0.2, 0.25) is 0 Å². The lowest BCUT2D eigenvalue weighted by molar-refractivity contribution is -0.945. The minimum Gasteiger partial charge on any atom is -0.496 e. The maximum absolute atomic E-state index is 5.55. The Morgan fingerprint density at radius 2 is 2.12 bits per heavy atom. The minimum absolute atomic E-state index is 0.574. The molecule has 0 fully saturated rings. The summed E-state index contributed by atoms with van der Waals surface area (Å²) >= 11 is 0. The summed E-state index contributed by atoms with van der Waals surface area (Å²) in [4.78, 5) is 1.65. The summed E-state index contributed by atoms with van der Waals surface area (Å²) in [6, 6.07) is 7.01. The molecule has 0 unspecified atom stereocenters. The first-order chi connectivity index (χ1) is 8.31. The van der Waals surface area contributed by atoms with Crippen molar-refractivity contribution < 1.29 is 15.0 Å². The second-order valence-corrected chi connectivity index (χ2v) is 4.68. The molecular formula is C14H24N2O+2. The highest BCUT2D eigenvalue weighted by atomic mass is 16.5. The summed E-state index contributed by atoms with van der Waals surface area (Å²) in [6.07, 6.45) is 0.